The lowest BCUT2D eigenvalue weighted by atomic mass is 9.37. The van der Waals surface area contributed by atoms with Gasteiger partial charge in [-0.05, 0) is 142 Å². The predicted octanol–water partition coefficient (Wildman–Crippen LogP) is 9.31. The van der Waals surface area contributed by atoms with Crippen LogP contribution in [-0.4, -0.2) is 35.5 Å². The van der Waals surface area contributed by atoms with Crippen LogP contribution >= 0.6 is 0 Å². The number of rotatable bonds is 10. The van der Waals surface area contributed by atoms with E-state index in [0.717, 1.165) is 62.6 Å². The van der Waals surface area contributed by atoms with Crippen LogP contribution in [0.1, 0.15) is 132 Å². The van der Waals surface area contributed by atoms with E-state index in [-0.39, 0.29) is 45.9 Å². The molecule has 0 heterocycles. The minimum absolute atomic E-state index is 0.0657. The first-order valence-corrected chi connectivity index (χ1v) is 19.5. The maximum Gasteiger partial charge on any atom is 0.309 e. The van der Waals surface area contributed by atoms with Gasteiger partial charge in [-0.2, -0.15) is 0 Å². The highest BCUT2D eigenvalue weighted by atomic mass is 19.1. The van der Waals surface area contributed by atoms with Gasteiger partial charge in [0.2, 0.25) is 0 Å². The standard InChI is InChI=1S/C43H62FNO5/c1-26(2)36-32(46)23-43(21-22-45-25-27-9-11-28(44)12-10-27)20-19-41(7)29-15-16-33-40(5,6)34(50-35(47)24-39(3,4)38(48)49)17-18-42(33,8)30(29)13-14-31(41)37(36)43/h9-12,26,29-31,33-34,45H,13-25H2,1-8H3,(H,48,49)/t29-,30?,31-,33?,34+,41+,42-,43-/m1/s1. The maximum absolute atomic E-state index is 13.9. The first-order chi connectivity index (χ1) is 23.4. The smallest absolute Gasteiger partial charge is 0.309 e. The summed E-state index contributed by atoms with van der Waals surface area (Å²) in [6, 6.07) is 6.70. The summed E-state index contributed by atoms with van der Waals surface area (Å²) in [5.74, 6) is 1.03. The number of ketones is 1. The second-order valence-electron chi connectivity index (χ2n) is 19.1. The van der Waals surface area contributed by atoms with E-state index >= 15 is 0 Å². The lowest BCUT2D eigenvalue weighted by Crippen LogP contribution is -2.62. The van der Waals surface area contributed by atoms with E-state index in [2.05, 4.69) is 46.9 Å². The molecule has 0 amide bonds. The Bertz CT molecular complexity index is 1530. The number of carboxylic acids is 1. The van der Waals surface area contributed by atoms with Crippen molar-refractivity contribution in [2.24, 2.45) is 56.7 Å². The van der Waals surface area contributed by atoms with Crippen LogP contribution in [0, 0.1) is 62.5 Å². The fourth-order valence-electron chi connectivity index (χ4n) is 12.5. The van der Waals surface area contributed by atoms with Crippen molar-refractivity contribution in [3.8, 4) is 0 Å². The highest BCUT2D eigenvalue weighted by Gasteiger charge is 2.66. The van der Waals surface area contributed by atoms with Crippen LogP contribution in [0.2, 0.25) is 0 Å². The van der Waals surface area contributed by atoms with Gasteiger partial charge in [0, 0.05) is 23.8 Å². The van der Waals surface area contributed by atoms with Crippen LogP contribution < -0.4 is 5.32 Å². The minimum Gasteiger partial charge on any atom is -0.481 e. The highest BCUT2D eigenvalue weighted by molar-refractivity contribution is 6.00. The van der Waals surface area contributed by atoms with E-state index in [1.807, 2.05) is 12.1 Å². The molecule has 50 heavy (non-hydrogen) atoms. The summed E-state index contributed by atoms with van der Waals surface area (Å²) >= 11 is 0. The molecule has 5 aliphatic rings. The third-order valence-electron chi connectivity index (χ3n) is 15.2. The molecule has 1 aromatic rings. The Balaban J connectivity index is 1.20. The Kier molecular flexibility index (Phi) is 9.79. The number of halogens is 1. The molecule has 0 bridgehead atoms. The number of hydrogen-bond acceptors (Lipinski definition) is 5. The molecular weight excluding hydrogens is 629 g/mol. The Morgan fingerprint density at radius 3 is 2.28 bits per heavy atom. The van der Waals surface area contributed by atoms with Crippen molar-refractivity contribution in [2.45, 2.75) is 139 Å². The number of hydrogen-bond donors (Lipinski definition) is 2. The Labute approximate surface area is 299 Å². The van der Waals surface area contributed by atoms with E-state index in [9.17, 15) is 23.9 Å². The summed E-state index contributed by atoms with van der Waals surface area (Å²) in [6.45, 7) is 18.8. The normalized spacial score (nSPS) is 36.4. The van der Waals surface area contributed by atoms with Crippen molar-refractivity contribution in [3.05, 3.63) is 46.8 Å². The molecule has 0 saturated heterocycles. The van der Waals surface area contributed by atoms with E-state index in [1.165, 1.54) is 30.5 Å². The topological polar surface area (TPSA) is 92.7 Å². The average molecular weight is 692 g/mol. The third-order valence-corrected chi connectivity index (χ3v) is 15.2. The molecule has 2 unspecified atom stereocenters. The van der Waals surface area contributed by atoms with Crippen LogP contribution in [0.5, 0.6) is 0 Å². The molecule has 6 nitrogen and oxygen atoms in total. The maximum atomic E-state index is 13.9. The number of allylic oxidation sites excluding steroid dienone is 2. The second kappa shape index (κ2) is 13.1. The van der Waals surface area contributed by atoms with Gasteiger partial charge in [-0.25, -0.2) is 4.39 Å². The molecule has 0 radical (unpaired) electrons. The lowest BCUT2D eigenvalue weighted by Gasteiger charge is -2.68. The van der Waals surface area contributed by atoms with Gasteiger partial charge in [-0.3, -0.25) is 14.4 Å². The van der Waals surface area contributed by atoms with Gasteiger partial charge in [0.25, 0.3) is 0 Å². The Hall–Kier alpha value is -2.54. The Morgan fingerprint density at radius 1 is 0.960 bits per heavy atom. The van der Waals surface area contributed by atoms with Gasteiger partial charge < -0.3 is 15.2 Å². The quantitative estimate of drug-likeness (QED) is 0.188. The molecular formula is C43H62FNO5. The monoisotopic (exact) mass is 691 g/mol. The summed E-state index contributed by atoms with van der Waals surface area (Å²) < 4.78 is 19.6. The van der Waals surface area contributed by atoms with Gasteiger partial charge in [-0.15, -0.1) is 0 Å². The minimum atomic E-state index is -1.15. The molecule has 0 aliphatic heterocycles. The highest BCUT2D eigenvalue weighted by Crippen LogP contribution is 2.73. The number of nitrogens with one attached hydrogen (secondary N) is 1. The number of Topliss-reactive ketones (excluding diaryl/α,β-unsaturated/α-hetero) is 1. The summed E-state index contributed by atoms with van der Waals surface area (Å²) in [5, 5.41) is 13.2. The molecule has 276 valence electrons. The number of aliphatic carboxylic acids is 1. The molecule has 5 aliphatic carbocycles. The number of ether oxygens (including phenoxy) is 1. The van der Waals surface area contributed by atoms with E-state index in [4.69, 9.17) is 4.74 Å². The fourth-order valence-corrected chi connectivity index (χ4v) is 12.5. The van der Waals surface area contributed by atoms with E-state index in [1.54, 1.807) is 13.8 Å². The first kappa shape index (κ1) is 37.2. The number of carbonyl (C=O) groups is 3. The molecule has 4 saturated carbocycles. The summed E-state index contributed by atoms with van der Waals surface area (Å²) in [7, 11) is 0. The van der Waals surface area contributed by atoms with Crippen molar-refractivity contribution < 1.29 is 28.6 Å². The van der Waals surface area contributed by atoms with Crippen molar-refractivity contribution in [1.82, 2.24) is 5.32 Å². The predicted molar refractivity (Wildman–Crippen MR) is 193 cm³/mol. The molecule has 6 rings (SSSR count). The van der Waals surface area contributed by atoms with Crippen LogP contribution in [-0.2, 0) is 25.7 Å². The fraction of sp³-hybridized carbons (Fsp3) is 0.744. The van der Waals surface area contributed by atoms with Gasteiger partial charge in [-0.1, -0.05) is 59.2 Å². The largest absolute Gasteiger partial charge is 0.481 e. The van der Waals surface area contributed by atoms with Gasteiger partial charge in [0.15, 0.2) is 5.78 Å². The molecule has 2 N–H and O–H groups in total. The zero-order valence-electron chi connectivity index (χ0n) is 31.9. The van der Waals surface area contributed by atoms with Crippen molar-refractivity contribution in [2.75, 3.05) is 6.54 Å². The van der Waals surface area contributed by atoms with E-state index < -0.39 is 17.4 Å². The lowest BCUT2D eigenvalue weighted by molar-refractivity contribution is -0.204. The van der Waals surface area contributed by atoms with Gasteiger partial charge in [0.05, 0.1) is 11.8 Å². The van der Waals surface area contributed by atoms with Crippen LogP contribution in [0.3, 0.4) is 0 Å². The number of fused-ring (bicyclic) bond motifs is 7. The summed E-state index contributed by atoms with van der Waals surface area (Å²) in [5.41, 5.74) is 2.59. The van der Waals surface area contributed by atoms with Crippen LogP contribution in [0.15, 0.2) is 35.4 Å². The zero-order valence-corrected chi connectivity index (χ0v) is 31.9. The first-order valence-electron chi connectivity index (χ1n) is 19.5. The van der Waals surface area contributed by atoms with Crippen LogP contribution in [0.25, 0.3) is 0 Å². The second-order valence-corrected chi connectivity index (χ2v) is 19.1. The van der Waals surface area contributed by atoms with Crippen molar-refractivity contribution in [1.29, 1.82) is 0 Å². The number of esters is 1. The van der Waals surface area contributed by atoms with E-state index in [0.29, 0.717) is 42.4 Å². The van der Waals surface area contributed by atoms with Crippen molar-refractivity contribution in [3.63, 3.8) is 0 Å². The summed E-state index contributed by atoms with van der Waals surface area (Å²) in [4.78, 5) is 38.6. The molecule has 0 spiro atoms. The SMILES string of the molecule is CC(C)C1=C2[C@H]3CCC4[C@@H](CCC5C(C)(C)[C@@H](OC(=O)CC(C)(C)C(=O)O)CC[C@]45C)[C@]3(C)CC[C@@]2(CCNCc2ccc(F)cc2)CC1=O. The third kappa shape index (κ3) is 6.19. The van der Waals surface area contributed by atoms with Gasteiger partial charge in [0.1, 0.15) is 11.9 Å². The summed E-state index contributed by atoms with van der Waals surface area (Å²) in [6.07, 6.45) is 9.90. The number of carboxylic acid groups (broad SMARTS) is 1. The molecule has 0 aromatic heterocycles. The number of carbonyl (C=O) groups excluding carboxylic acids is 2. The Morgan fingerprint density at radius 2 is 1.62 bits per heavy atom. The molecule has 1 aromatic carbocycles. The molecule has 8 atom stereocenters. The number of benzene rings is 1. The average Bonchev–Trinajstić information content (AvgIpc) is 3.33. The van der Waals surface area contributed by atoms with Gasteiger partial charge >= 0.3 is 11.9 Å². The zero-order chi connectivity index (χ0) is 36.4. The van der Waals surface area contributed by atoms with Crippen molar-refractivity contribution >= 4 is 17.7 Å². The van der Waals surface area contributed by atoms with Crippen LogP contribution in [0.4, 0.5) is 4.39 Å². The molecule has 4 fully saturated rings. The molecule has 7 heteroatoms.